The second kappa shape index (κ2) is 6.89. The van der Waals surface area contributed by atoms with Gasteiger partial charge in [0.1, 0.15) is 5.69 Å². The van der Waals surface area contributed by atoms with E-state index < -0.39 is 5.56 Å². The average molecular weight is 419 g/mol. The van der Waals surface area contributed by atoms with Crippen LogP contribution in [0.4, 0.5) is 11.6 Å². The summed E-state index contributed by atoms with van der Waals surface area (Å²) in [5.74, 6) is 0.799. The lowest BCUT2D eigenvalue weighted by Crippen LogP contribution is -2.11. The van der Waals surface area contributed by atoms with Gasteiger partial charge in [0, 0.05) is 24.8 Å². The molecule has 0 amide bonds. The van der Waals surface area contributed by atoms with Crippen molar-refractivity contribution in [2.45, 2.75) is 6.92 Å². The van der Waals surface area contributed by atoms with Gasteiger partial charge in [0.2, 0.25) is 5.95 Å². The number of hydrogen-bond acceptors (Lipinski definition) is 7. The Morgan fingerprint density at radius 1 is 1.07 bits per heavy atom. The van der Waals surface area contributed by atoms with Crippen LogP contribution in [0.5, 0.6) is 0 Å². The van der Waals surface area contributed by atoms with Crippen molar-refractivity contribution in [3.63, 3.8) is 0 Å². The second-order valence-electron chi connectivity index (χ2n) is 6.72. The Bertz CT molecular complexity index is 1490. The fourth-order valence-corrected chi connectivity index (χ4v) is 3.50. The standard InChI is InChI=1S/C20H15ClN8O/c1-11-13(10-28(2)26-11)17-25-18-12-6-5-7-14(21)16(12)24-20(29(18)27-17)23-15-8-3-4-9-22-19(15)30/h3-10H,1-2H3,(H,22,23,24,30). The summed E-state index contributed by atoms with van der Waals surface area (Å²) in [5, 5.41) is 13.3. The maximum Gasteiger partial charge on any atom is 0.293 e. The quantitative estimate of drug-likeness (QED) is 0.480. The molecule has 0 saturated heterocycles. The minimum atomic E-state index is -0.419. The predicted octanol–water partition coefficient (Wildman–Crippen LogP) is 3.14. The van der Waals surface area contributed by atoms with Gasteiger partial charge < -0.3 is 5.32 Å². The lowest BCUT2D eigenvalue weighted by molar-refractivity contribution is 0.756. The molecule has 10 heteroatoms. The first kappa shape index (κ1) is 18.2. The molecule has 148 valence electrons. The van der Waals surface area contributed by atoms with E-state index in [-0.39, 0.29) is 5.69 Å². The van der Waals surface area contributed by atoms with E-state index in [0.29, 0.717) is 28.0 Å². The molecule has 30 heavy (non-hydrogen) atoms. The van der Waals surface area contributed by atoms with E-state index in [2.05, 4.69) is 25.5 Å². The summed E-state index contributed by atoms with van der Waals surface area (Å²) in [7, 11) is 1.84. The predicted molar refractivity (Wildman–Crippen MR) is 114 cm³/mol. The molecular weight excluding hydrogens is 404 g/mol. The number of aromatic nitrogens is 7. The molecule has 5 rings (SSSR count). The maximum absolute atomic E-state index is 12.3. The molecule has 0 aliphatic heterocycles. The zero-order valence-corrected chi connectivity index (χ0v) is 16.8. The SMILES string of the molecule is Cc1nn(C)cc1-c1nc2c3cccc(Cl)c3nc(Nc3ccccnc3=O)n2n1. The fraction of sp³-hybridized carbons (Fsp3) is 0.100. The number of nitrogens with one attached hydrogen (secondary N) is 1. The molecule has 1 N–H and O–H groups in total. The number of hydrogen-bond donors (Lipinski definition) is 1. The van der Waals surface area contributed by atoms with E-state index in [4.69, 9.17) is 16.6 Å². The molecule has 1 aromatic carbocycles. The smallest absolute Gasteiger partial charge is 0.293 e. The molecule has 0 unspecified atom stereocenters. The first-order chi connectivity index (χ1) is 14.5. The normalized spacial score (nSPS) is 11.3. The molecule has 0 bridgehead atoms. The first-order valence-electron chi connectivity index (χ1n) is 9.09. The van der Waals surface area contributed by atoms with Crippen LogP contribution in [0.25, 0.3) is 27.9 Å². The van der Waals surface area contributed by atoms with Gasteiger partial charge in [-0.2, -0.15) is 9.61 Å². The molecule has 0 atom stereocenters. The van der Waals surface area contributed by atoms with Gasteiger partial charge in [-0.15, -0.1) is 5.10 Å². The fourth-order valence-electron chi connectivity index (χ4n) is 3.28. The molecule has 5 aromatic rings. The molecule has 0 fully saturated rings. The van der Waals surface area contributed by atoms with Crippen LogP contribution in [0.2, 0.25) is 5.02 Å². The van der Waals surface area contributed by atoms with Gasteiger partial charge in [-0.05, 0) is 31.2 Å². The molecule has 0 saturated carbocycles. The summed E-state index contributed by atoms with van der Waals surface area (Å²) in [6.07, 6.45) is 3.29. The summed E-state index contributed by atoms with van der Waals surface area (Å²) in [5.41, 5.74) is 2.56. The van der Waals surface area contributed by atoms with Crippen molar-refractivity contribution >= 4 is 39.8 Å². The van der Waals surface area contributed by atoms with Crippen molar-refractivity contribution in [2.75, 3.05) is 5.32 Å². The maximum atomic E-state index is 12.3. The van der Waals surface area contributed by atoms with Gasteiger partial charge in [0.05, 0.1) is 21.8 Å². The third-order valence-corrected chi connectivity index (χ3v) is 4.94. The lowest BCUT2D eigenvalue weighted by Gasteiger charge is -2.08. The van der Waals surface area contributed by atoms with E-state index in [1.807, 2.05) is 32.3 Å². The minimum Gasteiger partial charge on any atom is -0.319 e. The number of para-hydroxylation sites is 1. The van der Waals surface area contributed by atoms with Gasteiger partial charge in [-0.1, -0.05) is 23.7 Å². The van der Waals surface area contributed by atoms with Gasteiger partial charge in [0.15, 0.2) is 11.5 Å². The molecule has 0 radical (unpaired) electrons. The number of halogens is 1. The van der Waals surface area contributed by atoms with Gasteiger partial charge >= 0.3 is 0 Å². The van der Waals surface area contributed by atoms with Crippen LogP contribution >= 0.6 is 11.6 Å². The molecule has 0 spiro atoms. The summed E-state index contributed by atoms with van der Waals surface area (Å²) in [6, 6.07) is 10.5. The van der Waals surface area contributed by atoms with Crippen LogP contribution in [-0.2, 0) is 7.05 Å². The van der Waals surface area contributed by atoms with E-state index >= 15 is 0 Å². The Morgan fingerprint density at radius 2 is 1.93 bits per heavy atom. The third-order valence-electron chi connectivity index (χ3n) is 4.64. The minimum absolute atomic E-state index is 0.259. The van der Waals surface area contributed by atoms with Crippen molar-refractivity contribution in [1.82, 2.24) is 34.3 Å². The van der Waals surface area contributed by atoms with E-state index in [0.717, 1.165) is 16.6 Å². The third kappa shape index (κ3) is 2.96. The van der Waals surface area contributed by atoms with Crippen LogP contribution in [-0.4, -0.2) is 34.3 Å². The second-order valence-corrected chi connectivity index (χ2v) is 7.12. The molecule has 0 aliphatic rings. The van der Waals surface area contributed by atoms with Crippen LogP contribution in [0.15, 0.2) is 53.6 Å². The Labute approximate surface area is 175 Å². The summed E-state index contributed by atoms with van der Waals surface area (Å²) < 4.78 is 3.27. The largest absolute Gasteiger partial charge is 0.319 e. The van der Waals surface area contributed by atoms with Crippen LogP contribution in [0.3, 0.4) is 0 Å². The van der Waals surface area contributed by atoms with E-state index in [1.54, 1.807) is 33.5 Å². The lowest BCUT2D eigenvalue weighted by atomic mass is 10.2. The molecule has 4 heterocycles. The van der Waals surface area contributed by atoms with Crippen molar-refractivity contribution in [3.8, 4) is 11.4 Å². The highest BCUT2D eigenvalue weighted by atomic mass is 35.5. The van der Waals surface area contributed by atoms with Crippen LogP contribution in [0.1, 0.15) is 5.69 Å². The topological polar surface area (TPSA) is 103 Å². The molecular formula is C20H15ClN8O. The molecule has 0 aliphatic carbocycles. The highest BCUT2D eigenvalue weighted by Gasteiger charge is 2.18. The molecule has 4 aromatic heterocycles. The summed E-state index contributed by atoms with van der Waals surface area (Å²) >= 11 is 6.40. The zero-order chi connectivity index (χ0) is 20.8. The Morgan fingerprint density at radius 3 is 2.73 bits per heavy atom. The van der Waals surface area contributed by atoms with Crippen LogP contribution < -0.4 is 10.9 Å². The highest BCUT2D eigenvalue weighted by Crippen LogP contribution is 2.29. The number of rotatable bonds is 3. The van der Waals surface area contributed by atoms with E-state index in [9.17, 15) is 4.79 Å². The Hall–Kier alpha value is -3.85. The van der Waals surface area contributed by atoms with Gasteiger partial charge in [-0.3, -0.25) is 9.48 Å². The summed E-state index contributed by atoms with van der Waals surface area (Å²) in [4.78, 5) is 25.5. The summed E-state index contributed by atoms with van der Waals surface area (Å²) in [6.45, 7) is 1.90. The average Bonchev–Trinajstić information content (AvgIpc) is 3.24. The van der Waals surface area contributed by atoms with Gasteiger partial charge in [0.25, 0.3) is 5.56 Å². The monoisotopic (exact) mass is 418 g/mol. The Kier molecular flexibility index (Phi) is 4.18. The van der Waals surface area contributed by atoms with Crippen molar-refractivity contribution in [3.05, 3.63) is 69.9 Å². The van der Waals surface area contributed by atoms with E-state index in [1.165, 1.54) is 6.20 Å². The van der Waals surface area contributed by atoms with Crippen LogP contribution in [0, 0.1) is 6.92 Å². The number of aryl methyl sites for hydroxylation is 2. The number of nitrogens with zero attached hydrogens (tertiary/aromatic N) is 7. The van der Waals surface area contributed by atoms with Crippen molar-refractivity contribution in [1.29, 1.82) is 0 Å². The highest BCUT2D eigenvalue weighted by molar-refractivity contribution is 6.35. The first-order valence-corrected chi connectivity index (χ1v) is 9.47. The Balaban J connectivity index is 1.80. The number of fused-ring (bicyclic) bond motifs is 3. The van der Waals surface area contributed by atoms with Crippen molar-refractivity contribution < 1.29 is 0 Å². The number of benzene rings is 1. The van der Waals surface area contributed by atoms with Gasteiger partial charge in [-0.25, -0.2) is 15.0 Å². The molecule has 9 nitrogen and oxygen atoms in total. The zero-order valence-electron chi connectivity index (χ0n) is 16.0. The number of anilines is 2. The van der Waals surface area contributed by atoms with Crippen molar-refractivity contribution in [2.24, 2.45) is 7.05 Å².